The highest BCUT2D eigenvalue weighted by molar-refractivity contribution is 5.75. The van der Waals surface area contributed by atoms with Crippen LogP contribution in [0.25, 0.3) is 22.6 Å². The number of aromatic nitrogens is 5. The first-order chi connectivity index (χ1) is 12.0. The number of rotatable bonds is 4. The Morgan fingerprint density at radius 1 is 1.00 bits per heavy atom. The minimum absolute atomic E-state index is 0.0102. The van der Waals surface area contributed by atoms with Gasteiger partial charge in [0.15, 0.2) is 28.5 Å². The Kier molecular flexibility index (Phi) is 4.09. The number of hydrogen-bond acceptors (Lipinski definition) is 8. The number of H-pyrrole nitrogens is 1. The van der Waals surface area contributed by atoms with Crippen LogP contribution in [0.15, 0.2) is 21.7 Å². The van der Waals surface area contributed by atoms with Crippen LogP contribution in [0.3, 0.4) is 0 Å². The fourth-order valence-corrected chi connectivity index (χ4v) is 2.39. The van der Waals surface area contributed by atoms with Crippen LogP contribution in [0.4, 0.5) is 0 Å². The lowest BCUT2D eigenvalue weighted by atomic mass is 10.1. The second-order valence-electron chi connectivity index (χ2n) is 5.01. The number of nitrogens with one attached hydrogen (secondary N) is 1. The van der Waals surface area contributed by atoms with Gasteiger partial charge in [0.1, 0.15) is 0 Å². The number of nitrogens with zero attached hydrogens (tertiary/aromatic N) is 4. The largest absolute Gasteiger partial charge is 0.493 e. The smallest absolute Gasteiger partial charge is 0.329 e. The summed E-state index contributed by atoms with van der Waals surface area (Å²) in [5, 5.41) is 7.86. The number of methoxy groups -OCH3 is 3. The van der Waals surface area contributed by atoms with Gasteiger partial charge >= 0.3 is 5.69 Å². The van der Waals surface area contributed by atoms with Crippen LogP contribution in [-0.2, 0) is 7.05 Å². The molecule has 0 aliphatic rings. The van der Waals surface area contributed by atoms with E-state index >= 15 is 0 Å². The third-order valence-corrected chi connectivity index (χ3v) is 3.67. The van der Waals surface area contributed by atoms with Gasteiger partial charge in [-0.15, -0.1) is 10.2 Å². The number of ether oxygens (including phenoxy) is 3. The molecule has 0 unspecified atom stereocenters. The highest BCUT2D eigenvalue weighted by Crippen LogP contribution is 2.43. The van der Waals surface area contributed by atoms with Crippen LogP contribution in [0.2, 0.25) is 0 Å². The Labute approximate surface area is 141 Å². The van der Waals surface area contributed by atoms with Gasteiger partial charge in [0, 0.05) is 7.05 Å². The number of fused-ring (bicyclic) bond motifs is 1. The molecular formula is C15H15N5O5. The van der Waals surface area contributed by atoms with Gasteiger partial charge in [-0.2, -0.15) is 0 Å². The predicted molar refractivity (Wildman–Crippen MR) is 88.3 cm³/mol. The molecule has 1 aromatic carbocycles. The van der Waals surface area contributed by atoms with Gasteiger partial charge < -0.3 is 14.2 Å². The molecule has 25 heavy (non-hydrogen) atoms. The van der Waals surface area contributed by atoms with E-state index in [9.17, 15) is 9.59 Å². The fraction of sp³-hybridized carbons (Fsp3) is 0.267. The van der Waals surface area contributed by atoms with Crippen molar-refractivity contribution in [2.24, 2.45) is 7.05 Å². The van der Waals surface area contributed by atoms with Gasteiger partial charge in [0.25, 0.3) is 5.56 Å². The highest BCUT2D eigenvalue weighted by atomic mass is 16.5. The van der Waals surface area contributed by atoms with E-state index in [1.165, 1.54) is 28.4 Å². The van der Waals surface area contributed by atoms with Crippen molar-refractivity contribution in [3.05, 3.63) is 33.0 Å². The molecule has 0 saturated carbocycles. The lowest BCUT2D eigenvalue weighted by Gasteiger charge is -2.14. The fourth-order valence-electron chi connectivity index (χ4n) is 2.39. The minimum Gasteiger partial charge on any atom is -0.493 e. The summed E-state index contributed by atoms with van der Waals surface area (Å²) < 4.78 is 16.9. The van der Waals surface area contributed by atoms with Crippen molar-refractivity contribution < 1.29 is 14.2 Å². The van der Waals surface area contributed by atoms with Crippen LogP contribution in [0.5, 0.6) is 17.2 Å². The molecule has 2 heterocycles. The van der Waals surface area contributed by atoms with Gasteiger partial charge in [-0.1, -0.05) is 0 Å². The minimum atomic E-state index is -0.593. The Morgan fingerprint density at radius 2 is 1.72 bits per heavy atom. The molecule has 0 amide bonds. The Bertz CT molecular complexity index is 1070. The number of benzene rings is 1. The molecule has 0 aliphatic carbocycles. The zero-order valence-electron chi connectivity index (χ0n) is 14.0. The second kappa shape index (κ2) is 6.23. The first kappa shape index (κ1) is 16.4. The van der Waals surface area contributed by atoms with E-state index in [2.05, 4.69) is 20.2 Å². The molecule has 3 aromatic rings. The zero-order valence-corrected chi connectivity index (χ0v) is 14.0. The van der Waals surface area contributed by atoms with Crippen molar-refractivity contribution in [1.29, 1.82) is 0 Å². The average Bonchev–Trinajstić information content (AvgIpc) is 2.64. The van der Waals surface area contributed by atoms with Crippen LogP contribution >= 0.6 is 0 Å². The third kappa shape index (κ3) is 2.57. The van der Waals surface area contributed by atoms with Crippen molar-refractivity contribution in [3.8, 4) is 28.6 Å². The van der Waals surface area contributed by atoms with Crippen molar-refractivity contribution in [2.75, 3.05) is 21.3 Å². The highest BCUT2D eigenvalue weighted by Gasteiger charge is 2.20. The molecule has 0 aliphatic heterocycles. The molecule has 10 nitrogen and oxygen atoms in total. The maximum Gasteiger partial charge on any atom is 0.329 e. The maximum absolute atomic E-state index is 12.2. The molecule has 0 radical (unpaired) electrons. The molecule has 0 atom stereocenters. The van der Waals surface area contributed by atoms with Crippen molar-refractivity contribution in [2.45, 2.75) is 0 Å². The van der Waals surface area contributed by atoms with E-state index in [4.69, 9.17) is 14.2 Å². The number of hydrogen-bond donors (Lipinski definition) is 1. The third-order valence-electron chi connectivity index (χ3n) is 3.67. The molecular weight excluding hydrogens is 330 g/mol. The van der Waals surface area contributed by atoms with Gasteiger partial charge in [0.05, 0.1) is 26.9 Å². The average molecular weight is 345 g/mol. The topological polar surface area (TPSA) is 121 Å². The molecule has 0 saturated heterocycles. The molecule has 0 bridgehead atoms. The van der Waals surface area contributed by atoms with Gasteiger partial charge in [-0.05, 0) is 12.1 Å². The van der Waals surface area contributed by atoms with Crippen LogP contribution in [-0.4, -0.2) is 46.1 Å². The predicted octanol–water partition coefficient (Wildman–Crippen LogP) is 0.105. The van der Waals surface area contributed by atoms with Crippen LogP contribution in [0.1, 0.15) is 0 Å². The monoisotopic (exact) mass is 345 g/mol. The summed E-state index contributed by atoms with van der Waals surface area (Å²) >= 11 is 0. The standard InChI is InChI=1S/C15H15N5O5/c1-20-14(21)9-13(17-15(20)22)19-18-12(16-9)7-5-6-8(23-2)11(25-4)10(7)24-3/h5-6H,1-4H3,(H,17,19,22). The van der Waals surface area contributed by atoms with E-state index in [-0.39, 0.29) is 17.0 Å². The van der Waals surface area contributed by atoms with E-state index in [1.54, 1.807) is 12.1 Å². The molecule has 2 aromatic heterocycles. The van der Waals surface area contributed by atoms with E-state index in [1.807, 2.05) is 0 Å². The van der Waals surface area contributed by atoms with Gasteiger partial charge in [0.2, 0.25) is 5.75 Å². The SMILES string of the molecule is COc1ccc(-c2nnc3[nH]c(=O)n(C)c(=O)c3n2)c(OC)c1OC. The quantitative estimate of drug-likeness (QED) is 0.707. The molecule has 0 spiro atoms. The Balaban J connectivity index is 2.30. The first-order valence-electron chi connectivity index (χ1n) is 7.14. The summed E-state index contributed by atoms with van der Waals surface area (Å²) in [7, 11) is 5.79. The van der Waals surface area contributed by atoms with Crippen molar-refractivity contribution >= 4 is 11.2 Å². The summed E-state index contributed by atoms with van der Waals surface area (Å²) in [6.07, 6.45) is 0. The van der Waals surface area contributed by atoms with Crippen molar-refractivity contribution in [3.63, 3.8) is 0 Å². The summed E-state index contributed by atoms with van der Waals surface area (Å²) in [6, 6.07) is 3.33. The summed E-state index contributed by atoms with van der Waals surface area (Å²) in [5.41, 5.74) is -0.706. The van der Waals surface area contributed by atoms with Crippen molar-refractivity contribution in [1.82, 2.24) is 24.7 Å². The lowest BCUT2D eigenvalue weighted by molar-refractivity contribution is 0.325. The van der Waals surface area contributed by atoms with Gasteiger partial charge in [-0.25, -0.2) is 9.78 Å². The lowest BCUT2D eigenvalue weighted by Crippen LogP contribution is -2.33. The Hall–Kier alpha value is -3.43. The number of aromatic amines is 1. The summed E-state index contributed by atoms with van der Waals surface area (Å²) in [4.78, 5) is 30.5. The van der Waals surface area contributed by atoms with Gasteiger partial charge in [-0.3, -0.25) is 14.3 Å². The molecule has 130 valence electrons. The van der Waals surface area contributed by atoms with Crippen LogP contribution < -0.4 is 25.5 Å². The van der Waals surface area contributed by atoms with Crippen LogP contribution in [0, 0.1) is 0 Å². The summed E-state index contributed by atoms with van der Waals surface area (Å²) in [5.74, 6) is 1.32. The molecule has 0 fully saturated rings. The van der Waals surface area contributed by atoms with E-state index in [0.29, 0.717) is 22.8 Å². The molecule has 3 rings (SSSR count). The zero-order chi connectivity index (χ0) is 18.1. The Morgan fingerprint density at radius 3 is 2.36 bits per heavy atom. The summed E-state index contributed by atoms with van der Waals surface area (Å²) in [6.45, 7) is 0. The van der Waals surface area contributed by atoms with E-state index in [0.717, 1.165) is 4.57 Å². The first-order valence-corrected chi connectivity index (χ1v) is 7.14. The second-order valence-corrected chi connectivity index (χ2v) is 5.01. The molecule has 10 heteroatoms. The maximum atomic E-state index is 12.2. The molecule has 1 N–H and O–H groups in total. The van der Waals surface area contributed by atoms with E-state index < -0.39 is 11.2 Å². The normalized spacial score (nSPS) is 10.7.